The molecule has 0 aliphatic carbocycles. The monoisotopic (exact) mass is 614 g/mol. The molecular formula is C30H15OPS6. The average Bonchev–Trinajstić information content (AvgIpc) is 3.75. The fourth-order valence-electron chi connectivity index (χ4n) is 5.23. The first-order valence-electron chi connectivity index (χ1n) is 12.0. The van der Waals surface area contributed by atoms with E-state index in [1.54, 1.807) is 68.0 Å². The van der Waals surface area contributed by atoms with Crippen molar-refractivity contribution in [2.24, 2.45) is 0 Å². The van der Waals surface area contributed by atoms with Gasteiger partial charge in [-0.1, -0.05) is 0 Å². The van der Waals surface area contributed by atoms with E-state index in [2.05, 4.69) is 88.9 Å². The van der Waals surface area contributed by atoms with Crippen LogP contribution in [0.15, 0.2) is 88.9 Å². The minimum absolute atomic E-state index is 0.979. The second-order valence-corrected chi connectivity index (χ2v) is 19.1. The highest BCUT2D eigenvalue weighted by Gasteiger charge is 2.35. The molecule has 0 atom stereocenters. The predicted molar refractivity (Wildman–Crippen MR) is 178 cm³/mol. The number of hydrogen-bond donors (Lipinski definition) is 0. The van der Waals surface area contributed by atoms with Crippen LogP contribution in [0.25, 0.3) is 60.5 Å². The Bertz CT molecular complexity index is 1990. The van der Waals surface area contributed by atoms with E-state index in [1.165, 1.54) is 60.5 Å². The van der Waals surface area contributed by atoms with Crippen molar-refractivity contribution in [3.05, 3.63) is 88.9 Å². The van der Waals surface area contributed by atoms with Gasteiger partial charge in [0.15, 0.2) is 7.14 Å². The molecule has 0 fully saturated rings. The van der Waals surface area contributed by atoms with Gasteiger partial charge in [-0.25, -0.2) is 0 Å². The molecule has 9 aromatic rings. The molecule has 0 N–H and O–H groups in total. The zero-order valence-electron chi connectivity index (χ0n) is 19.5. The van der Waals surface area contributed by atoms with Gasteiger partial charge in [-0.3, -0.25) is 0 Å². The van der Waals surface area contributed by atoms with E-state index in [1.807, 2.05) is 0 Å². The molecule has 3 aromatic carbocycles. The smallest absolute Gasteiger partial charge is 0.199 e. The van der Waals surface area contributed by atoms with Gasteiger partial charge >= 0.3 is 0 Å². The summed E-state index contributed by atoms with van der Waals surface area (Å²) < 4.78 is 26.0. The highest BCUT2D eigenvalue weighted by atomic mass is 32.1. The van der Waals surface area contributed by atoms with Gasteiger partial charge in [-0.05, 0) is 121 Å². The van der Waals surface area contributed by atoms with Crippen LogP contribution < -0.4 is 13.9 Å². The van der Waals surface area contributed by atoms with Crippen molar-refractivity contribution in [1.29, 1.82) is 0 Å². The lowest BCUT2D eigenvalue weighted by atomic mass is 10.2. The Morgan fingerprint density at radius 2 is 0.711 bits per heavy atom. The van der Waals surface area contributed by atoms with Crippen molar-refractivity contribution < 1.29 is 4.57 Å². The molecule has 182 valence electrons. The minimum atomic E-state index is -3.07. The third-order valence-corrected chi connectivity index (χ3v) is 17.9. The molecule has 9 rings (SSSR count). The summed E-state index contributed by atoms with van der Waals surface area (Å²) in [5, 5.41) is 13.8. The molecular weight excluding hydrogens is 600 g/mol. The quantitative estimate of drug-likeness (QED) is 0.181. The van der Waals surface area contributed by atoms with E-state index in [4.69, 9.17) is 0 Å². The van der Waals surface area contributed by atoms with Crippen LogP contribution in [0.4, 0.5) is 0 Å². The summed E-state index contributed by atoms with van der Waals surface area (Å²) in [6.07, 6.45) is 0. The van der Waals surface area contributed by atoms with E-state index >= 15 is 4.57 Å². The maximum absolute atomic E-state index is 15.7. The van der Waals surface area contributed by atoms with Crippen LogP contribution in [0.3, 0.4) is 0 Å². The lowest BCUT2D eigenvalue weighted by Gasteiger charge is -2.13. The fraction of sp³-hybridized carbons (Fsp3) is 0. The molecule has 0 aliphatic heterocycles. The molecule has 0 radical (unpaired) electrons. The van der Waals surface area contributed by atoms with E-state index in [-0.39, 0.29) is 0 Å². The van der Waals surface area contributed by atoms with Crippen LogP contribution in [-0.4, -0.2) is 0 Å². The van der Waals surface area contributed by atoms with Gasteiger partial charge in [0.05, 0.1) is 13.9 Å². The average molecular weight is 615 g/mol. The Morgan fingerprint density at radius 1 is 0.395 bits per heavy atom. The van der Waals surface area contributed by atoms with Crippen LogP contribution in [0.5, 0.6) is 0 Å². The van der Waals surface area contributed by atoms with Crippen molar-refractivity contribution in [2.45, 2.75) is 0 Å². The van der Waals surface area contributed by atoms with Crippen LogP contribution >= 0.6 is 75.2 Å². The predicted octanol–water partition coefficient (Wildman–Crippen LogP) is 10.6. The summed E-state index contributed by atoms with van der Waals surface area (Å²) in [5.74, 6) is 0. The van der Waals surface area contributed by atoms with Crippen LogP contribution in [-0.2, 0) is 4.57 Å². The summed E-state index contributed by atoms with van der Waals surface area (Å²) in [6, 6.07) is 26.7. The molecule has 1 nitrogen and oxygen atoms in total. The van der Waals surface area contributed by atoms with Crippen LogP contribution in [0.2, 0.25) is 0 Å². The van der Waals surface area contributed by atoms with E-state index in [0.29, 0.717) is 0 Å². The number of thiophene rings is 6. The van der Waals surface area contributed by atoms with Crippen molar-refractivity contribution in [3.8, 4) is 0 Å². The Labute approximate surface area is 241 Å². The molecule has 0 bridgehead atoms. The summed E-state index contributed by atoms with van der Waals surface area (Å²) in [5.41, 5.74) is 0. The zero-order valence-corrected chi connectivity index (χ0v) is 25.3. The highest BCUT2D eigenvalue weighted by molar-refractivity contribution is 7.96. The zero-order chi connectivity index (χ0) is 25.0. The molecule has 0 unspecified atom stereocenters. The second-order valence-electron chi connectivity index (χ2n) is 9.41. The molecule has 6 aromatic heterocycles. The van der Waals surface area contributed by atoms with Gasteiger partial charge in [-0.2, -0.15) is 0 Å². The third kappa shape index (κ3) is 3.21. The first-order valence-corrected chi connectivity index (χ1v) is 18.8. The molecule has 0 spiro atoms. The number of benzene rings is 3. The SMILES string of the molecule is O=P(c1cc2cc3sccc3cc2s1)(c1cc2cc3sccc3cc2s1)c1cc2cc3sccc3cc2s1. The van der Waals surface area contributed by atoms with E-state index in [9.17, 15) is 0 Å². The summed E-state index contributed by atoms with van der Waals surface area (Å²) in [7, 11) is -3.07. The van der Waals surface area contributed by atoms with Gasteiger partial charge in [-0.15, -0.1) is 68.0 Å². The van der Waals surface area contributed by atoms with Gasteiger partial charge < -0.3 is 4.57 Å². The molecule has 8 heteroatoms. The van der Waals surface area contributed by atoms with Crippen LogP contribution in [0, 0.1) is 0 Å². The fourth-order valence-corrected chi connectivity index (χ4v) is 16.5. The van der Waals surface area contributed by atoms with Crippen LogP contribution in [0.1, 0.15) is 0 Å². The lowest BCUT2D eigenvalue weighted by molar-refractivity contribution is 0.593. The third-order valence-electron chi connectivity index (χ3n) is 7.17. The van der Waals surface area contributed by atoms with E-state index < -0.39 is 7.14 Å². The maximum atomic E-state index is 15.7. The Morgan fingerprint density at radius 3 is 1.05 bits per heavy atom. The molecule has 0 saturated heterocycles. The number of fused-ring (bicyclic) bond motifs is 6. The van der Waals surface area contributed by atoms with Crippen molar-refractivity contribution in [2.75, 3.05) is 0 Å². The van der Waals surface area contributed by atoms with Gasteiger partial charge in [0, 0.05) is 28.2 Å². The first kappa shape index (κ1) is 22.5. The van der Waals surface area contributed by atoms with Gasteiger partial charge in [0.1, 0.15) is 0 Å². The largest absolute Gasteiger partial charge is 0.306 e. The minimum Gasteiger partial charge on any atom is -0.306 e. The van der Waals surface area contributed by atoms with Crippen molar-refractivity contribution >= 4 is 150 Å². The summed E-state index contributed by atoms with van der Waals surface area (Å²) >= 11 is 10.4. The normalized spacial score (nSPS) is 12.8. The molecule has 0 saturated carbocycles. The van der Waals surface area contributed by atoms with Gasteiger partial charge in [0.25, 0.3) is 0 Å². The molecule has 0 amide bonds. The van der Waals surface area contributed by atoms with Gasteiger partial charge in [0.2, 0.25) is 0 Å². The summed E-state index contributed by atoms with van der Waals surface area (Å²) in [4.78, 5) is 0. The first-order chi connectivity index (χ1) is 18.6. The summed E-state index contributed by atoms with van der Waals surface area (Å²) in [6.45, 7) is 0. The number of hydrogen-bond acceptors (Lipinski definition) is 7. The molecule has 0 aliphatic rings. The molecule has 6 heterocycles. The number of rotatable bonds is 3. The lowest BCUT2D eigenvalue weighted by Crippen LogP contribution is -2.18. The van der Waals surface area contributed by atoms with Crippen molar-refractivity contribution in [3.63, 3.8) is 0 Å². The topological polar surface area (TPSA) is 17.1 Å². The Kier molecular flexibility index (Phi) is 4.78. The van der Waals surface area contributed by atoms with E-state index in [0.717, 1.165) is 13.9 Å². The van der Waals surface area contributed by atoms with Crippen molar-refractivity contribution in [1.82, 2.24) is 0 Å². The highest BCUT2D eigenvalue weighted by Crippen LogP contribution is 2.51. The molecule has 38 heavy (non-hydrogen) atoms. The Hall–Kier alpha value is -2.35. The Balaban J connectivity index is 1.33. The maximum Gasteiger partial charge on any atom is 0.199 e. The standard InChI is InChI=1S/C30H15OPS6/c31-32(28-13-19-10-22-16(1-4-33-22)7-25(19)36-28,29-14-20-11-23-17(2-5-34-23)8-26(20)37-29)30-15-21-12-24-18(3-6-35-24)9-27(21)38-30/h1-15H. The second kappa shape index (κ2) is 8.09.